The molecule has 4 rings (SSSR count). The first-order chi connectivity index (χ1) is 16.3. The fourth-order valence-corrected chi connectivity index (χ4v) is 3.78. The van der Waals surface area contributed by atoms with E-state index in [1.165, 1.54) is 55.6 Å². The van der Waals surface area contributed by atoms with Crippen LogP contribution < -0.4 is 10.5 Å². The number of rotatable bonds is 4. The monoisotopic (exact) mass is 461 g/mol. The predicted molar refractivity (Wildman–Crippen MR) is 118 cm³/mol. The lowest BCUT2D eigenvalue weighted by Crippen LogP contribution is -2.15. The highest BCUT2D eigenvalue weighted by Crippen LogP contribution is 2.42. The van der Waals surface area contributed by atoms with E-state index in [9.17, 15) is 24.3 Å². The molecule has 0 bridgehead atoms. The van der Waals surface area contributed by atoms with Crippen molar-refractivity contribution in [2.75, 3.05) is 21.3 Å². The van der Waals surface area contributed by atoms with Gasteiger partial charge in [-0.2, -0.15) is 0 Å². The molecule has 0 atom stereocenters. The van der Waals surface area contributed by atoms with E-state index in [1.807, 2.05) is 0 Å². The maximum absolute atomic E-state index is 12.8. The summed E-state index contributed by atoms with van der Waals surface area (Å²) in [6.07, 6.45) is 0. The summed E-state index contributed by atoms with van der Waals surface area (Å²) in [4.78, 5) is 49.7. The van der Waals surface area contributed by atoms with Crippen molar-refractivity contribution in [3.05, 3.63) is 75.4 Å². The van der Waals surface area contributed by atoms with Gasteiger partial charge in [0.1, 0.15) is 11.3 Å². The first kappa shape index (κ1) is 22.5. The van der Waals surface area contributed by atoms with Crippen LogP contribution in [0.25, 0.3) is 33.4 Å². The molecule has 0 saturated heterocycles. The maximum atomic E-state index is 12.8. The second-order valence-electron chi connectivity index (χ2n) is 7.21. The van der Waals surface area contributed by atoms with Crippen molar-refractivity contribution in [1.82, 2.24) is 0 Å². The Morgan fingerprint density at radius 1 is 0.735 bits per heavy atom. The summed E-state index contributed by atoms with van der Waals surface area (Å²) in [5.41, 5.74) is 0.439. The molecule has 172 valence electrons. The average Bonchev–Trinajstić information content (AvgIpc) is 2.84. The SMILES string of the molecule is COC(=O)c1cc(C(=O)OC)c(-c2c3ccc(=O)cc-3oc3cc([O-])ccc23)cc1C(=O)OC. The molecule has 1 aliphatic heterocycles. The number of fused-ring (bicyclic) bond motifs is 2. The molecule has 0 aromatic heterocycles. The predicted octanol–water partition coefficient (Wildman–Crippen LogP) is 3.00. The zero-order chi connectivity index (χ0) is 24.6. The van der Waals surface area contributed by atoms with Gasteiger partial charge in [-0.3, -0.25) is 4.79 Å². The van der Waals surface area contributed by atoms with Crippen molar-refractivity contribution in [2.45, 2.75) is 0 Å². The highest BCUT2D eigenvalue weighted by molar-refractivity contribution is 6.12. The lowest BCUT2D eigenvalue weighted by Gasteiger charge is -2.19. The van der Waals surface area contributed by atoms with E-state index < -0.39 is 17.9 Å². The van der Waals surface area contributed by atoms with Gasteiger partial charge in [-0.25, -0.2) is 14.4 Å². The molecule has 0 unspecified atom stereocenters. The van der Waals surface area contributed by atoms with Gasteiger partial charge in [0.25, 0.3) is 0 Å². The normalized spacial score (nSPS) is 10.8. The average molecular weight is 461 g/mol. The molecule has 2 aliphatic rings. The van der Waals surface area contributed by atoms with Gasteiger partial charge < -0.3 is 23.7 Å². The van der Waals surface area contributed by atoms with E-state index in [0.717, 1.165) is 14.2 Å². The van der Waals surface area contributed by atoms with Gasteiger partial charge in [0.2, 0.25) is 0 Å². The summed E-state index contributed by atoms with van der Waals surface area (Å²) < 4.78 is 20.3. The Morgan fingerprint density at radius 2 is 1.35 bits per heavy atom. The highest BCUT2D eigenvalue weighted by Gasteiger charge is 2.28. The van der Waals surface area contributed by atoms with Crippen molar-refractivity contribution >= 4 is 28.9 Å². The van der Waals surface area contributed by atoms with Gasteiger partial charge in [-0.05, 0) is 35.9 Å². The molecule has 9 heteroatoms. The zero-order valence-corrected chi connectivity index (χ0v) is 18.3. The number of esters is 3. The minimum absolute atomic E-state index is 0.0539. The molecule has 0 amide bonds. The quantitative estimate of drug-likeness (QED) is 0.255. The van der Waals surface area contributed by atoms with Crippen molar-refractivity contribution in [1.29, 1.82) is 0 Å². The van der Waals surface area contributed by atoms with E-state index in [4.69, 9.17) is 18.6 Å². The van der Waals surface area contributed by atoms with E-state index in [0.29, 0.717) is 16.5 Å². The first-order valence-electron chi connectivity index (χ1n) is 9.90. The third-order valence-electron chi connectivity index (χ3n) is 5.31. The number of hydrogen-bond acceptors (Lipinski definition) is 9. The van der Waals surface area contributed by atoms with Crippen LogP contribution in [0.3, 0.4) is 0 Å². The molecule has 34 heavy (non-hydrogen) atoms. The molecule has 0 saturated carbocycles. The number of hydrogen-bond donors (Lipinski definition) is 0. The van der Waals surface area contributed by atoms with E-state index in [-0.39, 0.29) is 44.8 Å². The zero-order valence-electron chi connectivity index (χ0n) is 18.3. The molecule has 2 aromatic rings. The maximum Gasteiger partial charge on any atom is 0.338 e. The Bertz CT molecular complexity index is 1500. The Kier molecular flexibility index (Phi) is 5.77. The third kappa shape index (κ3) is 3.73. The number of benzene rings is 3. The van der Waals surface area contributed by atoms with Crippen LogP contribution in [0.5, 0.6) is 5.75 Å². The molecule has 9 nitrogen and oxygen atoms in total. The largest absolute Gasteiger partial charge is 0.872 e. The van der Waals surface area contributed by atoms with Crippen molar-refractivity contribution in [2.24, 2.45) is 0 Å². The molecule has 1 aliphatic carbocycles. The molecule has 1 heterocycles. The third-order valence-corrected chi connectivity index (χ3v) is 5.31. The Hall–Kier alpha value is -4.66. The second-order valence-corrected chi connectivity index (χ2v) is 7.21. The Balaban J connectivity index is 2.22. The molecule has 0 N–H and O–H groups in total. The molecule has 0 fully saturated rings. The topological polar surface area (TPSA) is 132 Å². The smallest absolute Gasteiger partial charge is 0.338 e. The van der Waals surface area contributed by atoms with Crippen LogP contribution in [0.2, 0.25) is 0 Å². The fourth-order valence-electron chi connectivity index (χ4n) is 3.78. The Morgan fingerprint density at radius 3 is 2.00 bits per heavy atom. The lowest BCUT2D eigenvalue weighted by atomic mass is 9.88. The van der Waals surface area contributed by atoms with Crippen LogP contribution in [0.4, 0.5) is 0 Å². The number of carbonyl (C=O) groups excluding carboxylic acids is 3. The van der Waals surface area contributed by atoms with Crippen molar-refractivity contribution < 1.29 is 38.1 Å². The van der Waals surface area contributed by atoms with E-state index in [2.05, 4.69) is 0 Å². The molecule has 0 radical (unpaired) electrons. The van der Waals surface area contributed by atoms with Gasteiger partial charge in [-0.15, -0.1) is 5.75 Å². The van der Waals surface area contributed by atoms with Gasteiger partial charge in [0, 0.05) is 22.6 Å². The molecule has 0 spiro atoms. The summed E-state index contributed by atoms with van der Waals surface area (Å²) in [5.74, 6) is -2.66. The summed E-state index contributed by atoms with van der Waals surface area (Å²) in [5, 5.41) is 12.4. The van der Waals surface area contributed by atoms with Gasteiger partial charge in [-0.1, -0.05) is 12.1 Å². The van der Waals surface area contributed by atoms with E-state index in [1.54, 1.807) is 0 Å². The molecule has 2 aromatic carbocycles. The molecular weight excluding hydrogens is 444 g/mol. The Labute approximate surface area is 192 Å². The summed E-state index contributed by atoms with van der Waals surface area (Å²) >= 11 is 0. The van der Waals surface area contributed by atoms with Crippen molar-refractivity contribution in [3.8, 4) is 28.2 Å². The van der Waals surface area contributed by atoms with Crippen LogP contribution in [0.15, 0.2) is 57.7 Å². The van der Waals surface area contributed by atoms with Crippen molar-refractivity contribution in [3.63, 3.8) is 0 Å². The minimum atomic E-state index is -0.859. The number of carbonyl (C=O) groups is 3. The van der Waals surface area contributed by atoms with Crippen LogP contribution in [0, 0.1) is 0 Å². The fraction of sp³-hybridized carbons (Fsp3) is 0.120. The van der Waals surface area contributed by atoms with Gasteiger partial charge >= 0.3 is 17.9 Å². The first-order valence-corrected chi connectivity index (χ1v) is 9.90. The lowest BCUT2D eigenvalue weighted by molar-refractivity contribution is -0.268. The molecular formula is C25H17O9-. The van der Waals surface area contributed by atoms with Crippen LogP contribution in [-0.4, -0.2) is 39.2 Å². The second kappa shape index (κ2) is 8.70. The number of methoxy groups -OCH3 is 3. The van der Waals surface area contributed by atoms with Gasteiger partial charge in [0.05, 0.1) is 38.0 Å². The summed E-state index contributed by atoms with van der Waals surface area (Å²) in [7, 11) is 3.45. The van der Waals surface area contributed by atoms with E-state index >= 15 is 0 Å². The summed E-state index contributed by atoms with van der Waals surface area (Å²) in [6.45, 7) is 0. The minimum Gasteiger partial charge on any atom is -0.872 e. The van der Waals surface area contributed by atoms with Gasteiger partial charge in [0.15, 0.2) is 5.43 Å². The van der Waals surface area contributed by atoms with Crippen LogP contribution in [0.1, 0.15) is 31.1 Å². The standard InChI is InChI=1S/C25H18O9/c1-31-23(28)17-11-19(25(30)33-3)18(24(29)32-2)10-16(17)22-14-6-4-12(26)8-20(14)34-21-9-13(27)5-7-15(21)22/h4-11,26H,1-3H3/p-1. The highest BCUT2D eigenvalue weighted by atomic mass is 16.5. The van der Waals surface area contributed by atoms with Crippen LogP contribution >= 0.6 is 0 Å². The summed E-state index contributed by atoms with van der Waals surface area (Å²) in [6, 6.07) is 10.6. The van der Waals surface area contributed by atoms with Crippen LogP contribution in [-0.2, 0) is 14.2 Å². The number of ether oxygens (including phenoxy) is 3.